The van der Waals surface area contributed by atoms with Gasteiger partial charge in [0.1, 0.15) is 17.3 Å². The first-order valence-electron chi connectivity index (χ1n) is 10.8. The molecular formula is C25H27Cl2NO5. The van der Waals surface area contributed by atoms with E-state index in [9.17, 15) is 14.7 Å². The number of ether oxygens (including phenoxy) is 2. The summed E-state index contributed by atoms with van der Waals surface area (Å²) in [4.78, 5) is 27.6. The zero-order valence-electron chi connectivity index (χ0n) is 19.0. The Morgan fingerprint density at radius 1 is 1.15 bits per heavy atom. The highest BCUT2D eigenvalue weighted by molar-refractivity contribution is 6.46. The molecule has 0 aliphatic carbocycles. The molecule has 1 N–H and O–H groups in total. The van der Waals surface area contributed by atoms with E-state index in [1.165, 1.54) is 24.1 Å². The lowest BCUT2D eigenvalue weighted by atomic mass is 9.95. The molecular weight excluding hydrogens is 465 g/mol. The second kappa shape index (κ2) is 10.5. The summed E-state index contributed by atoms with van der Waals surface area (Å²) in [6.45, 7) is 6.23. The molecule has 1 heterocycles. The Hall–Kier alpha value is -2.70. The highest BCUT2D eigenvalue weighted by Gasteiger charge is 2.46. The van der Waals surface area contributed by atoms with Crippen LogP contribution in [0.1, 0.15) is 50.8 Å². The molecule has 3 rings (SSSR count). The summed E-state index contributed by atoms with van der Waals surface area (Å²) in [5, 5.41) is 11.7. The molecule has 6 nitrogen and oxygen atoms in total. The number of Topliss-reactive ketones (excluding diaryl/α,β-unsaturated/α-hetero) is 1. The lowest BCUT2D eigenvalue weighted by molar-refractivity contribution is -0.139. The average Bonchev–Trinajstić information content (AvgIpc) is 3.01. The van der Waals surface area contributed by atoms with Crippen LogP contribution in [-0.4, -0.2) is 41.5 Å². The smallest absolute Gasteiger partial charge is 0.295 e. The van der Waals surface area contributed by atoms with Crippen molar-refractivity contribution in [2.45, 2.75) is 45.8 Å². The van der Waals surface area contributed by atoms with E-state index in [1.807, 2.05) is 20.8 Å². The molecule has 1 aliphatic heterocycles. The lowest BCUT2D eigenvalue weighted by Gasteiger charge is -2.25. The minimum Gasteiger partial charge on any atom is -0.507 e. The monoisotopic (exact) mass is 491 g/mol. The number of ketones is 1. The molecule has 1 saturated heterocycles. The predicted octanol–water partition coefficient (Wildman–Crippen LogP) is 6.01. The molecule has 0 aromatic heterocycles. The van der Waals surface area contributed by atoms with E-state index in [0.29, 0.717) is 24.3 Å². The SMILES string of the molecule is CCCCN1C(=O)C(=O)/C(=C(/O)c2cc(Cl)cc(Cl)c2OC)C1c1ccc(OC(C)C)cc1. The number of carbonyl (C=O) groups excluding carboxylic acids is 2. The Kier molecular flexibility index (Phi) is 7.92. The van der Waals surface area contributed by atoms with Crippen molar-refractivity contribution < 1.29 is 24.2 Å². The molecule has 0 radical (unpaired) electrons. The number of unbranched alkanes of at least 4 members (excludes halogenated alkanes) is 1. The molecule has 176 valence electrons. The van der Waals surface area contributed by atoms with Crippen LogP contribution in [0, 0.1) is 0 Å². The molecule has 2 aromatic rings. The summed E-state index contributed by atoms with van der Waals surface area (Å²) in [6, 6.07) is 9.32. The van der Waals surface area contributed by atoms with Crippen LogP contribution in [-0.2, 0) is 9.59 Å². The third-order valence-electron chi connectivity index (χ3n) is 5.33. The minimum absolute atomic E-state index is 0.00563. The molecule has 0 saturated carbocycles. The Morgan fingerprint density at radius 2 is 1.82 bits per heavy atom. The van der Waals surface area contributed by atoms with Crippen molar-refractivity contribution in [3.63, 3.8) is 0 Å². The van der Waals surface area contributed by atoms with Gasteiger partial charge in [0.25, 0.3) is 11.7 Å². The zero-order chi connectivity index (χ0) is 24.3. The number of carbonyl (C=O) groups is 2. The van der Waals surface area contributed by atoms with Crippen molar-refractivity contribution >= 4 is 40.7 Å². The summed E-state index contributed by atoms with van der Waals surface area (Å²) in [5.41, 5.74) is 0.786. The maximum Gasteiger partial charge on any atom is 0.295 e. The van der Waals surface area contributed by atoms with E-state index < -0.39 is 17.7 Å². The number of hydrogen-bond acceptors (Lipinski definition) is 5. The summed E-state index contributed by atoms with van der Waals surface area (Å²) < 4.78 is 11.1. The van der Waals surface area contributed by atoms with Gasteiger partial charge in [0, 0.05) is 11.6 Å². The van der Waals surface area contributed by atoms with E-state index >= 15 is 0 Å². The fraction of sp³-hybridized carbons (Fsp3) is 0.360. The summed E-state index contributed by atoms with van der Waals surface area (Å²) in [6.07, 6.45) is 1.56. The first-order valence-corrected chi connectivity index (χ1v) is 11.5. The lowest BCUT2D eigenvalue weighted by Crippen LogP contribution is -2.30. The van der Waals surface area contributed by atoms with Crippen LogP contribution in [0.25, 0.3) is 5.76 Å². The Morgan fingerprint density at radius 3 is 2.39 bits per heavy atom. The number of aliphatic hydroxyl groups is 1. The van der Waals surface area contributed by atoms with Crippen molar-refractivity contribution in [3.05, 3.63) is 63.1 Å². The van der Waals surface area contributed by atoms with E-state index in [1.54, 1.807) is 24.3 Å². The quantitative estimate of drug-likeness (QED) is 0.278. The maximum atomic E-state index is 13.1. The van der Waals surface area contributed by atoms with Crippen LogP contribution in [0.15, 0.2) is 42.0 Å². The van der Waals surface area contributed by atoms with Gasteiger partial charge in [0.2, 0.25) is 0 Å². The Bertz CT molecular complexity index is 1080. The van der Waals surface area contributed by atoms with E-state index in [4.69, 9.17) is 32.7 Å². The van der Waals surface area contributed by atoms with Crippen molar-refractivity contribution in [2.24, 2.45) is 0 Å². The standard InChI is InChI=1S/C25H27Cl2NO5/c1-5-6-11-28-21(15-7-9-17(10-8-15)33-14(2)3)20(23(30)25(28)31)22(29)18-12-16(26)13-19(27)24(18)32-4/h7-10,12-14,21,29H,5-6,11H2,1-4H3/b22-20+. The first kappa shape index (κ1) is 24.9. The van der Waals surface area contributed by atoms with Gasteiger partial charge in [-0.1, -0.05) is 48.7 Å². The number of hydrogen-bond donors (Lipinski definition) is 1. The summed E-state index contributed by atoms with van der Waals surface area (Å²) in [5.74, 6) is -0.986. The molecule has 1 aliphatic rings. The van der Waals surface area contributed by atoms with Crippen LogP contribution in [0.2, 0.25) is 10.0 Å². The zero-order valence-corrected chi connectivity index (χ0v) is 20.5. The number of halogens is 2. The summed E-state index contributed by atoms with van der Waals surface area (Å²) in [7, 11) is 1.40. The van der Waals surface area contributed by atoms with Crippen molar-refractivity contribution in [1.82, 2.24) is 4.90 Å². The van der Waals surface area contributed by atoms with E-state index in [0.717, 1.165) is 6.42 Å². The normalized spacial score (nSPS) is 17.7. The van der Waals surface area contributed by atoms with E-state index in [2.05, 4.69) is 0 Å². The molecule has 2 aromatic carbocycles. The number of nitrogens with zero attached hydrogens (tertiary/aromatic N) is 1. The predicted molar refractivity (Wildman–Crippen MR) is 129 cm³/mol. The average molecular weight is 492 g/mol. The van der Waals surface area contributed by atoms with Crippen molar-refractivity contribution in [3.8, 4) is 11.5 Å². The second-order valence-electron chi connectivity index (χ2n) is 8.05. The van der Waals surface area contributed by atoms with Gasteiger partial charge in [-0.15, -0.1) is 0 Å². The topological polar surface area (TPSA) is 76.1 Å². The highest BCUT2D eigenvalue weighted by atomic mass is 35.5. The third-order valence-corrected chi connectivity index (χ3v) is 5.83. The minimum atomic E-state index is -0.771. The molecule has 0 bridgehead atoms. The van der Waals surface area contributed by atoms with Crippen LogP contribution in [0.3, 0.4) is 0 Å². The largest absolute Gasteiger partial charge is 0.507 e. The van der Waals surface area contributed by atoms with E-state index in [-0.39, 0.29) is 38.8 Å². The number of aliphatic hydroxyl groups excluding tert-OH is 1. The van der Waals surface area contributed by atoms with Crippen LogP contribution in [0.4, 0.5) is 0 Å². The van der Waals surface area contributed by atoms with Gasteiger partial charge in [-0.25, -0.2) is 0 Å². The van der Waals surface area contributed by atoms with Crippen LogP contribution >= 0.6 is 23.2 Å². The first-order chi connectivity index (χ1) is 15.7. The van der Waals surface area contributed by atoms with Crippen LogP contribution < -0.4 is 9.47 Å². The van der Waals surface area contributed by atoms with Gasteiger partial charge >= 0.3 is 0 Å². The van der Waals surface area contributed by atoms with Gasteiger partial charge < -0.3 is 19.5 Å². The third kappa shape index (κ3) is 5.12. The number of benzene rings is 2. The molecule has 1 fully saturated rings. The molecule has 1 atom stereocenters. The Labute approximate surface area is 203 Å². The van der Waals surface area contributed by atoms with Gasteiger partial charge in [0.15, 0.2) is 0 Å². The van der Waals surface area contributed by atoms with Gasteiger partial charge in [-0.3, -0.25) is 9.59 Å². The number of likely N-dealkylation sites (tertiary alicyclic amines) is 1. The van der Waals surface area contributed by atoms with Crippen molar-refractivity contribution in [2.75, 3.05) is 13.7 Å². The Balaban J connectivity index is 2.19. The molecule has 8 heteroatoms. The van der Waals surface area contributed by atoms with Gasteiger partial charge in [-0.05, 0) is 50.1 Å². The number of rotatable bonds is 8. The maximum absolute atomic E-state index is 13.1. The molecule has 33 heavy (non-hydrogen) atoms. The molecule has 1 amide bonds. The summed E-state index contributed by atoms with van der Waals surface area (Å²) >= 11 is 12.4. The highest BCUT2D eigenvalue weighted by Crippen LogP contribution is 2.43. The van der Waals surface area contributed by atoms with Gasteiger partial charge in [0.05, 0.1) is 35.4 Å². The van der Waals surface area contributed by atoms with Crippen molar-refractivity contribution in [1.29, 1.82) is 0 Å². The fourth-order valence-electron chi connectivity index (χ4n) is 3.88. The number of methoxy groups -OCH3 is 1. The van der Waals surface area contributed by atoms with Gasteiger partial charge in [-0.2, -0.15) is 0 Å². The second-order valence-corrected chi connectivity index (χ2v) is 8.89. The number of amides is 1. The van der Waals surface area contributed by atoms with Crippen LogP contribution in [0.5, 0.6) is 11.5 Å². The molecule has 0 spiro atoms. The fourth-order valence-corrected chi connectivity index (χ4v) is 4.45. The molecule has 1 unspecified atom stereocenters.